The summed E-state index contributed by atoms with van der Waals surface area (Å²) in [5.74, 6) is 2.76. The summed E-state index contributed by atoms with van der Waals surface area (Å²) < 4.78 is 25.0. The lowest BCUT2D eigenvalue weighted by Crippen LogP contribution is -2.36. The summed E-state index contributed by atoms with van der Waals surface area (Å²) >= 11 is 0. The van der Waals surface area contributed by atoms with Crippen molar-refractivity contribution in [3.05, 3.63) is 84.3 Å². The minimum absolute atomic E-state index is 0.226. The Labute approximate surface area is 224 Å². The lowest BCUT2D eigenvalue weighted by molar-refractivity contribution is -0.0576. The van der Waals surface area contributed by atoms with Gasteiger partial charge in [0.15, 0.2) is 0 Å². The average molecular weight is 520 g/mol. The Kier molecular flexibility index (Phi) is 8.89. The molecule has 8 heteroatoms. The Balaban J connectivity index is 1.68. The molecule has 4 rings (SSSR count). The van der Waals surface area contributed by atoms with Gasteiger partial charge in [-0.1, -0.05) is 36.4 Å². The van der Waals surface area contributed by atoms with Crippen molar-refractivity contribution in [2.75, 3.05) is 20.3 Å². The van der Waals surface area contributed by atoms with Crippen LogP contribution in [-0.4, -0.2) is 51.8 Å². The summed E-state index contributed by atoms with van der Waals surface area (Å²) in [5, 5.41) is 15.7. The van der Waals surface area contributed by atoms with Crippen LogP contribution >= 0.6 is 0 Å². The lowest BCUT2D eigenvalue weighted by atomic mass is 10.1. The SMILES string of the molecule is COc1cccc(Oc2c(CN(Cc3ccco3)CC(O)COC(C)(C)C)c(-c3ccccc3)nn2C)c1. The third-order valence-corrected chi connectivity index (χ3v) is 5.91. The maximum absolute atomic E-state index is 10.9. The van der Waals surface area contributed by atoms with Crippen LogP contribution in [0.15, 0.2) is 77.4 Å². The van der Waals surface area contributed by atoms with Crippen LogP contribution in [0.5, 0.6) is 17.4 Å². The van der Waals surface area contributed by atoms with Crippen LogP contribution in [-0.2, 0) is 24.9 Å². The predicted octanol–water partition coefficient (Wildman–Crippen LogP) is 5.66. The van der Waals surface area contributed by atoms with E-state index in [4.69, 9.17) is 23.7 Å². The molecule has 1 unspecified atom stereocenters. The van der Waals surface area contributed by atoms with Gasteiger partial charge in [0.25, 0.3) is 0 Å². The zero-order chi connectivity index (χ0) is 27.1. The minimum atomic E-state index is -0.691. The quantitative estimate of drug-likeness (QED) is 0.259. The Morgan fingerprint density at radius 2 is 1.76 bits per heavy atom. The van der Waals surface area contributed by atoms with E-state index in [1.165, 1.54) is 0 Å². The van der Waals surface area contributed by atoms with E-state index >= 15 is 0 Å². The van der Waals surface area contributed by atoms with Crippen molar-refractivity contribution in [2.24, 2.45) is 7.05 Å². The minimum Gasteiger partial charge on any atom is -0.497 e. The van der Waals surface area contributed by atoms with E-state index in [9.17, 15) is 5.11 Å². The molecular formula is C30H37N3O5. The first kappa shape index (κ1) is 27.4. The number of aryl methyl sites for hydroxylation is 1. The summed E-state index contributed by atoms with van der Waals surface area (Å²) in [6.45, 7) is 7.49. The van der Waals surface area contributed by atoms with Crippen LogP contribution in [0, 0.1) is 0 Å². The number of methoxy groups -OCH3 is 1. The molecule has 0 amide bonds. The Morgan fingerprint density at radius 3 is 2.45 bits per heavy atom. The second-order valence-corrected chi connectivity index (χ2v) is 10.2. The molecule has 0 fully saturated rings. The van der Waals surface area contributed by atoms with E-state index in [-0.39, 0.29) is 12.2 Å². The molecule has 2 heterocycles. The summed E-state index contributed by atoms with van der Waals surface area (Å²) in [6, 6.07) is 21.3. The highest BCUT2D eigenvalue weighted by Crippen LogP contribution is 2.35. The van der Waals surface area contributed by atoms with Crippen LogP contribution < -0.4 is 9.47 Å². The zero-order valence-corrected chi connectivity index (χ0v) is 22.8. The van der Waals surface area contributed by atoms with Gasteiger partial charge >= 0.3 is 0 Å². The van der Waals surface area contributed by atoms with Crippen molar-refractivity contribution >= 4 is 0 Å². The monoisotopic (exact) mass is 519 g/mol. The largest absolute Gasteiger partial charge is 0.497 e. The molecular weight excluding hydrogens is 482 g/mol. The molecule has 8 nitrogen and oxygen atoms in total. The van der Waals surface area contributed by atoms with Gasteiger partial charge in [0, 0.05) is 31.8 Å². The molecule has 0 radical (unpaired) electrons. The molecule has 0 aliphatic rings. The van der Waals surface area contributed by atoms with Crippen LogP contribution in [0.4, 0.5) is 0 Å². The van der Waals surface area contributed by atoms with Gasteiger partial charge in [-0.05, 0) is 45.0 Å². The van der Waals surface area contributed by atoms with Crippen LogP contribution in [0.25, 0.3) is 11.3 Å². The van der Waals surface area contributed by atoms with E-state index in [0.717, 1.165) is 22.6 Å². The highest BCUT2D eigenvalue weighted by molar-refractivity contribution is 5.65. The topological polar surface area (TPSA) is 82.1 Å². The zero-order valence-electron chi connectivity index (χ0n) is 22.8. The van der Waals surface area contributed by atoms with Gasteiger partial charge < -0.3 is 23.7 Å². The van der Waals surface area contributed by atoms with Crippen LogP contribution in [0.1, 0.15) is 32.1 Å². The third-order valence-electron chi connectivity index (χ3n) is 5.91. The van der Waals surface area contributed by atoms with Gasteiger partial charge in [-0.2, -0.15) is 5.10 Å². The van der Waals surface area contributed by atoms with Gasteiger partial charge in [-0.3, -0.25) is 4.90 Å². The molecule has 1 N–H and O–H groups in total. The van der Waals surface area contributed by atoms with Crippen molar-refractivity contribution in [2.45, 2.75) is 45.6 Å². The maximum Gasteiger partial charge on any atom is 0.222 e. The number of hydrogen-bond donors (Lipinski definition) is 1. The molecule has 0 bridgehead atoms. The van der Waals surface area contributed by atoms with Crippen LogP contribution in [0.3, 0.4) is 0 Å². The first-order valence-electron chi connectivity index (χ1n) is 12.7. The fourth-order valence-electron chi connectivity index (χ4n) is 4.16. The number of furan rings is 1. The first-order valence-corrected chi connectivity index (χ1v) is 12.7. The van der Waals surface area contributed by atoms with E-state index in [1.54, 1.807) is 18.1 Å². The number of benzene rings is 2. The highest BCUT2D eigenvalue weighted by atomic mass is 16.5. The Hall–Kier alpha value is -3.59. The Morgan fingerprint density at radius 1 is 1.00 bits per heavy atom. The summed E-state index contributed by atoms with van der Waals surface area (Å²) in [4.78, 5) is 2.12. The first-order chi connectivity index (χ1) is 18.2. The van der Waals surface area contributed by atoms with Crippen molar-refractivity contribution in [1.29, 1.82) is 0 Å². The normalized spacial score (nSPS) is 12.6. The van der Waals surface area contributed by atoms with Crippen molar-refractivity contribution < 1.29 is 23.7 Å². The molecule has 1 atom stereocenters. The summed E-state index contributed by atoms with van der Waals surface area (Å²) in [7, 11) is 3.50. The smallest absolute Gasteiger partial charge is 0.222 e. The van der Waals surface area contributed by atoms with E-state index in [0.29, 0.717) is 37.0 Å². The maximum atomic E-state index is 10.9. The van der Waals surface area contributed by atoms with E-state index in [2.05, 4.69) is 4.90 Å². The molecule has 2 aromatic carbocycles. The fraction of sp³-hybridized carbons (Fsp3) is 0.367. The lowest BCUT2D eigenvalue weighted by Gasteiger charge is -2.27. The molecule has 38 heavy (non-hydrogen) atoms. The third kappa shape index (κ3) is 7.47. The van der Waals surface area contributed by atoms with Crippen molar-refractivity contribution in [1.82, 2.24) is 14.7 Å². The van der Waals surface area contributed by atoms with Gasteiger partial charge in [0.1, 0.15) is 23.0 Å². The fourth-order valence-corrected chi connectivity index (χ4v) is 4.16. The molecule has 202 valence electrons. The number of aromatic nitrogens is 2. The summed E-state index contributed by atoms with van der Waals surface area (Å²) in [5.41, 5.74) is 2.36. The Bertz CT molecular complexity index is 1280. The second-order valence-electron chi connectivity index (χ2n) is 10.2. The summed E-state index contributed by atoms with van der Waals surface area (Å²) in [6.07, 6.45) is 0.965. The van der Waals surface area contributed by atoms with E-state index in [1.807, 2.05) is 94.5 Å². The van der Waals surface area contributed by atoms with Gasteiger partial charge in [0.2, 0.25) is 5.88 Å². The number of nitrogens with zero attached hydrogens (tertiary/aromatic N) is 3. The van der Waals surface area contributed by atoms with Crippen molar-refractivity contribution in [3.63, 3.8) is 0 Å². The molecule has 0 aliphatic carbocycles. The molecule has 0 saturated heterocycles. The van der Waals surface area contributed by atoms with Gasteiger partial charge in [0.05, 0.1) is 43.8 Å². The average Bonchev–Trinajstić information content (AvgIpc) is 3.51. The molecule has 2 aromatic heterocycles. The molecule has 0 aliphatic heterocycles. The second kappa shape index (κ2) is 12.3. The standard InChI is InChI=1S/C30H37N3O5/c1-30(2,3)37-21-23(34)18-33(19-26-15-10-16-36-26)20-27-28(22-11-7-6-8-12-22)31-32(4)29(27)38-25-14-9-13-24(17-25)35-5/h6-17,23,34H,18-21H2,1-5H3. The molecule has 4 aromatic rings. The predicted molar refractivity (Wildman–Crippen MR) is 146 cm³/mol. The van der Waals surface area contributed by atoms with Crippen molar-refractivity contribution in [3.8, 4) is 28.6 Å². The number of ether oxygens (including phenoxy) is 3. The molecule has 0 saturated carbocycles. The van der Waals surface area contributed by atoms with E-state index < -0.39 is 6.10 Å². The van der Waals surface area contributed by atoms with Gasteiger partial charge in [-0.25, -0.2) is 4.68 Å². The molecule has 0 spiro atoms. The van der Waals surface area contributed by atoms with Gasteiger partial charge in [-0.15, -0.1) is 0 Å². The number of aliphatic hydroxyl groups excluding tert-OH is 1. The number of hydrogen-bond acceptors (Lipinski definition) is 7. The van der Waals surface area contributed by atoms with Crippen LogP contribution in [0.2, 0.25) is 0 Å². The highest BCUT2D eigenvalue weighted by Gasteiger charge is 2.25. The number of aliphatic hydroxyl groups is 1. The number of rotatable bonds is 12.